The Kier molecular flexibility index (Phi) is 6.22. The Morgan fingerprint density at radius 2 is 1.50 bits per heavy atom. The molecule has 0 aliphatic heterocycles. The molecule has 0 spiro atoms. The van der Waals surface area contributed by atoms with E-state index in [-0.39, 0.29) is 0 Å². The predicted octanol–water partition coefficient (Wildman–Crippen LogP) is 3.70. The number of rotatable bonds is 8. The Bertz CT molecular complexity index is 376. The minimum atomic E-state index is 0.619. The minimum Gasteiger partial charge on any atom is -0.331 e. The van der Waals surface area contributed by atoms with Crippen molar-refractivity contribution in [3.63, 3.8) is 0 Å². The summed E-state index contributed by atoms with van der Waals surface area (Å²) in [6.45, 7) is 4.78. The van der Waals surface area contributed by atoms with Crippen LogP contribution in [0.1, 0.15) is 37.8 Å². The summed E-state index contributed by atoms with van der Waals surface area (Å²) in [5, 5.41) is 0. The molecule has 0 saturated heterocycles. The smallest absolute Gasteiger partial charge is 0.114 e. The standard InChI is InChI=1S/C18H34N2/c1-7-12-18(17-13-9-8-10-14-17)20(5,6)16-11-15-19(2,3)4/h8-10,13-14,18H,7,11-12,15-16H2,1-6H3/q+2. The van der Waals surface area contributed by atoms with Crippen LogP contribution in [0, 0.1) is 0 Å². The van der Waals surface area contributed by atoms with E-state index in [2.05, 4.69) is 72.5 Å². The molecule has 2 nitrogen and oxygen atoms in total. The summed E-state index contributed by atoms with van der Waals surface area (Å²) >= 11 is 0. The van der Waals surface area contributed by atoms with Crippen molar-refractivity contribution >= 4 is 0 Å². The highest BCUT2D eigenvalue weighted by Gasteiger charge is 2.29. The van der Waals surface area contributed by atoms with Gasteiger partial charge in [0, 0.05) is 18.4 Å². The first kappa shape index (κ1) is 17.2. The summed E-state index contributed by atoms with van der Waals surface area (Å²) in [6, 6.07) is 11.7. The SMILES string of the molecule is CCCC(c1ccccc1)[N+](C)(C)CCC[N+](C)(C)C. The largest absolute Gasteiger partial charge is 0.331 e. The number of benzene rings is 1. The van der Waals surface area contributed by atoms with Crippen molar-refractivity contribution in [2.75, 3.05) is 48.3 Å². The second-order valence-electron chi connectivity index (χ2n) is 7.58. The van der Waals surface area contributed by atoms with Crippen LogP contribution in [0.2, 0.25) is 0 Å². The van der Waals surface area contributed by atoms with Crippen LogP contribution >= 0.6 is 0 Å². The third-order valence-corrected chi connectivity index (χ3v) is 4.15. The Labute approximate surface area is 126 Å². The molecule has 1 aromatic rings. The number of nitrogens with zero attached hydrogens (tertiary/aromatic N) is 2. The second-order valence-corrected chi connectivity index (χ2v) is 7.58. The van der Waals surface area contributed by atoms with Crippen molar-refractivity contribution in [2.24, 2.45) is 0 Å². The summed E-state index contributed by atoms with van der Waals surface area (Å²) < 4.78 is 2.15. The molecule has 0 aromatic heterocycles. The van der Waals surface area contributed by atoms with Gasteiger partial charge in [-0.2, -0.15) is 0 Å². The molecular weight excluding hydrogens is 244 g/mol. The van der Waals surface area contributed by atoms with Gasteiger partial charge in [0.25, 0.3) is 0 Å². The maximum absolute atomic E-state index is 2.39. The zero-order chi connectivity index (χ0) is 15.2. The van der Waals surface area contributed by atoms with Crippen LogP contribution in [0.5, 0.6) is 0 Å². The summed E-state index contributed by atoms with van der Waals surface area (Å²) in [7, 11) is 11.6. The van der Waals surface area contributed by atoms with Crippen molar-refractivity contribution in [2.45, 2.75) is 32.2 Å². The van der Waals surface area contributed by atoms with Crippen LogP contribution in [-0.2, 0) is 0 Å². The molecule has 0 amide bonds. The van der Waals surface area contributed by atoms with Crippen molar-refractivity contribution in [3.05, 3.63) is 35.9 Å². The quantitative estimate of drug-likeness (QED) is 0.636. The Morgan fingerprint density at radius 1 is 0.900 bits per heavy atom. The van der Waals surface area contributed by atoms with E-state index in [9.17, 15) is 0 Å². The molecule has 0 radical (unpaired) electrons. The lowest BCUT2D eigenvalue weighted by molar-refractivity contribution is -0.927. The molecular formula is C18H34N2+2. The van der Waals surface area contributed by atoms with E-state index in [0.717, 1.165) is 8.97 Å². The van der Waals surface area contributed by atoms with Gasteiger partial charge in [0.05, 0.1) is 48.3 Å². The second kappa shape index (κ2) is 7.24. The normalized spacial score (nSPS) is 14.3. The van der Waals surface area contributed by atoms with Crippen LogP contribution in [0.4, 0.5) is 0 Å². The molecule has 0 heterocycles. The van der Waals surface area contributed by atoms with Gasteiger partial charge < -0.3 is 8.97 Å². The van der Waals surface area contributed by atoms with Crippen LogP contribution < -0.4 is 0 Å². The van der Waals surface area contributed by atoms with Crippen molar-refractivity contribution < 1.29 is 8.97 Å². The first-order valence-corrected chi connectivity index (χ1v) is 7.94. The average molecular weight is 278 g/mol. The summed E-state index contributed by atoms with van der Waals surface area (Å²) in [5.41, 5.74) is 1.49. The van der Waals surface area contributed by atoms with Gasteiger partial charge in [-0.25, -0.2) is 0 Å². The van der Waals surface area contributed by atoms with E-state index in [4.69, 9.17) is 0 Å². The molecule has 0 bridgehead atoms. The van der Waals surface area contributed by atoms with Crippen molar-refractivity contribution in [1.29, 1.82) is 0 Å². The Balaban J connectivity index is 2.74. The van der Waals surface area contributed by atoms with Gasteiger partial charge in [0.1, 0.15) is 6.04 Å². The zero-order valence-electron chi connectivity index (χ0n) is 14.4. The van der Waals surface area contributed by atoms with Crippen LogP contribution in [0.25, 0.3) is 0 Å². The number of quaternary nitrogens is 2. The third kappa shape index (κ3) is 5.64. The maximum atomic E-state index is 2.39. The van der Waals surface area contributed by atoms with Gasteiger partial charge in [-0.05, 0) is 0 Å². The monoisotopic (exact) mass is 278 g/mol. The predicted molar refractivity (Wildman–Crippen MR) is 88.6 cm³/mol. The van der Waals surface area contributed by atoms with Gasteiger partial charge in [-0.3, -0.25) is 0 Å². The number of hydrogen-bond acceptors (Lipinski definition) is 0. The van der Waals surface area contributed by atoms with Crippen molar-refractivity contribution in [1.82, 2.24) is 0 Å². The lowest BCUT2D eigenvalue weighted by Gasteiger charge is -2.39. The number of hydrogen-bond donors (Lipinski definition) is 0. The van der Waals surface area contributed by atoms with Crippen LogP contribution in [-0.4, -0.2) is 57.3 Å². The van der Waals surface area contributed by atoms with Gasteiger partial charge in [-0.1, -0.05) is 43.7 Å². The van der Waals surface area contributed by atoms with E-state index in [1.165, 1.54) is 37.9 Å². The average Bonchev–Trinajstić information content (AvgIpc) is 2.35. The van der Waals surface area contributed by atoms with Gasteiger partial charge in [0.2, 0.25) is 0 Å². The first-order valence-electron chi connectivity index (χ1n) is 7.94. The lowest BCUT2D eigenvalue weighted by atomic mass is 9.99. The van der Waals surface area contributed by atoms with E-state index >= 15 is 0 Å². The Morgan fingerprint density at radius 3 is 2.00 bits per heavy atom. The summed E-state index contributed by atoms with van der Waals surface area (Å²) in [6.07, 6.45) is 3.79. The van der Waals surface area contributed by atoms with Crippen LogP contribution in [0.3, 0.4) is 0 Å². The molecule has 0 fully saturated rings. The first-order chi connectivity index (χ1) is 9.26. The molecule has 0 aliphatic carbocycles. The molecule has 1 unspecified atom stereocenters. The molecule has 1 aromatic carbocycles. The molecule has 2 heteroatoms. The lowest BCUT2D eigenvalue weighted by Crippen LogP contribution is -2.46. The molecule has 0 N–H and O–H groups in total. The summed E-state index contributed by atoms with van der Waals surface area (Å²) in [5.74, 6) is 0. The van der Waals surface area contributed by atoms with Crippen molar-refractivity contribution in [3.8, 4) is 0 Å². The molecule has 0 aliphatic rings. The fraction of sp³-hybridized carbons (Fsp3) is 0.667. The van der Waals surface area contributed by atoms with Gasteiger partial charge in [-0.15, -0.1) is 0 Å². The van der Waals surface area contributed by atoms with E-state index in [1.807, 2.05) is 0 Å². The fourth-order valence-corrected chi connectivity index (χ4v) is 2.98. The minimum absolute atomic E-state index is 0.619. The molecule has 20 heavy (non-hydrogen) atoms. The highest BCUT2D eigenvalue weighted by Crippen LogP contribution is 2.29. The third-order valence-electron chi connectivity index (χ3n) is 4.15. The van der Waals surface area contributed by atoms with E-state index < -0.39 is 0 Å². The van der Waals surface area contributed by atoms with Crippen LogP contribution in [0.15, 0.2) is 30.3 Å². The Hall–Kier alpha value is -0.860. The maximum Gasteiger partial charge on any atom is 0.114 e. The van der Waals surface area contributed by atoms with Gasteiger partial charge >= 0.3 is 0 Å². The highest BCUT2D eigenvalue weighted by atomic mass is 15.3. The zero-order valence-corrected chi connectivity index (χ0v) is 14.4. The van der Waals surface area contributed by atoms with E-state index in [0.29, 0.717) is 6.04 Å². The molecule has 1 rings (SSSR count). The molecule has 1 atom stereocenters. The molecule has 0 saturated carbocycles. The highest BCUT2D eigenvalue weighted by molar-refractivity contribution is 5.17. The fourth-order valence-electron chi connectivity index (χ4n) is 2.98. The molecule has 114 valence electrons. The topological polar surface area (TPSA) is 0 Å². The summed E-state index contributed by atoms with van der Waals surface area (Å²) in [4.78, 5) is 0. The van der Waals surface area contributed by atoms with E-state index in [1.54, 1.807) is 0 Å². The van der Waals surface area contributed by atoms with Gasteiger partial charge in [0.15, 0.2) is 0 Å².